The Morgan fingerprint density at radius 1 is 1.82 bits per heavy atom. The first-order valence-corrected chi connectivity index (χ1v) is 4.22. The van der Waals surface area contributed by atoms with E-state index in [0.29, 0.717) is 0 Å². The molecule has 3 heteroatoms. The number of nitrogens with one attached hydrogen (secondary N) is 1. The van der Waals surface area contributed by atoms with Crippen LogP contribution in [0.5, 0.6) is 0 Å². The van der Waals surface area contributed by atoms with Gasteiger partial charge in [0, 0.05) is 6.04 Å². The lowest BCUT2D eigenvalue weighted by Gasteiger charge is -2.17. The molecule has 1 rings (SSSR count). The zero-order valence-electron chi connectivity index (χ0n) is 6.84. The normalized spacial score (nSPS) is 26.8. The van der Waals surface area contributed by atoms with Gasteiger partial charge in [-0.1, -0.05) is 6.92 Å². The Kier molecular flexibility index (Phi) is 2.88. The van der Waals surface area contributed by atoms with Crippen LogP contribution in [-0.4, -0.2) is 23.7 Å². The summed E-state index contributed by atoms with van der Waals surface area (Å²) in [6, 6.07) is 0.220. The van der Waals surface area contributed by atoms with Gasteiger partial charge in [0.05, 0.1) is 5.92 Å². The van der Waals surface area contributed by atoms with Gasteiger partial charge < -0.3 is 10.4 Å². The second-order valence-corrected chi connectivity index (χ2v) is 3.06. The lowest BCUT2D eigenvalue weighted by Crippen LogP contribution is -2.35. The van der Waals surface area contributed by atoms with Crippen molar-refractivity contribution >= 4 is 5.97 Å². The summed E-state index contributed by atoms with van der Waals surface area (Å²) in [4.78, 5) is 10.7. The molecule has 0 spiro atoms. The van der Waals surface area contributed by atoms with E-state index in [4.69, 9.17) is 5.11 Å². The van der Waals surface area contributed by atoms with Gasteiger partial charge >= 0.3 is 5.97 Å². The first-order chi connectivity index (χ1) is 5.25. The number of carbonyl (C=O) groups is 1. The van der Waals surface area contributed by atoms with Crippen molar-refractivity contribution in [2.75, 3.05) is 6.54 Å². The summed E-state index contributed by atoms with van der Waals surface area (Å²) in [5.74, 6) is -0.843. The molecule has 0 aromatic carbocycles. The van der Waals surface area contributed by atoms with Crippen LogP contribution in [-0.2, 0) is 4.79 Å². The highest BCUT2D eigenvalue weighted by Gasteiger charge is 2.28. The lowest BCUT2D eigenvalue weighted by molar-refractivity contribution is -0.142. The molecule has 1 heterocycles. The van der Waals surface area contributed by atoms with Crippen molar-refractivity contribution in [2.24, 2.45) is 5.92 Å². The molecule has 64 valence electrons. The minimum Gasteiger partial charge on any atom is -0.481 e. The highest BCUT2D eigenvalue weighted by molar-refractivity contribution is 5.70. The molecule has 2 N–H and O–H groups in total. The molecule has 1 aliphatic rings. The number of rotatable bonds is 3. The molecule has 1 fully saturated rings. The van der Waals surface area contributed by atoms with E-state index in [0.717, 1.165) is 25.8 Å². The molecule has 1 saturated heterocycles. The third kappa shape index (κ3) is 1.93. The van der Waals surface area contributed by atoms with Gasteiger partial charge in [-0.2, -0.15) is 0 Å². The average molecular weight is 157 g/mol. The van der Waals surface area contributed by atoms with E-state index in [9.17, 15) is 4.79 Å². The van der Waals surface area contributed by atoms with E-state index in [2.05, 4.69) is 5.32 Å². The molecule has 2 unspecified atom stereocenters. The van der Waals surface area contributed by atoms with Gasteiger partial charge in [-0.15, -0.1) is 0 Å². The van der Waals surface area contributed by atoms with Gasteiger partial charge in [0.2, 0.25) is 0 Å². The first-order valence-electron chi connectivity index (χ1n) is 4.22. The predicted molar refractivity (Wildman–Crippen MR) is 42.4 cm³/mol. The molecule has 0 saturated carbocycles. The third-order valence-electron chi connectivity index (χ3n) is 2.34. The molecule has 1 aliphatic heterocycles. The molecule has 0 aromatic rings. The Bertz CT molecular complexity index is 141. The largest absolute Gasteiger partial charge is 0.481 e. The van der Waals surface area contributed by atoms with Crippen LogP contribution in [0.25, 0.3) is 0 Å². The number of carboxylic acids is 1. The van der Waals surface area contributed by atoms with E-state index in [1.807, 2.05) is 6.92 Å². The maximum atomic E-state index is 10.7. The summed E-state index contributed by atoms with van der Waals surface area (Å²) in [6.07, 6.45) is 2.87. The van der Waals surface area contributed by atoms with Gasteiger partial charge in [0.15, 0.2) is 0 Å². The lowest BCUT2D eigenvalue weighted by atomic mass is 9.96. The first kappa shape index (κ1) is 8.53. The fraction of sp³-hybridized carbons (Fsp3) is 0.875. The minimum absolute atomic E-state index is 0.183. The average Bonchev–Trinajstić information content (AvgIpc) is 2.40. The smallest absolute Gasteiger partial charge is 0.308 e. The quantitative estimate of drug-likeness (QED) is 0.638. The molecule has 0 radical (unpaired) electrons. The van der Waals surface area contributed by atoms with Crippen molar-refractivity contribution in [3.05, 3.63) is 0 Å². The van der Waals surface area contributed by atoms with Gasteiger partial charge in [-0.3, -0.25) is 4.79 Å². The van der Waals surface area contributed by atoms with Gasteiger partial charge in [-0.25, -0.2) is 0 Å². The zero-order valence-corrected chi connectivity index (χ0v) is 6.84. The van der Waals surface area contributed by atoms with Crippen LogP contribution in [0.15, 0.2) is 0 Å². The molecule has 0 amide bonds. The van der Waals surface area contributed by atoms with Crippen LogP contribution in [0, 0.1) is 5.92 Å². The Balaban J connectivity index is 2.46. The molecule has 3 nitrogen and oxygen atoms in total. The monoisotopic (exact) mass is 157 g/mol. The van der Waals surface area contributed by atoms with E-state index < -0.39 is 5.97 Å². The molecular weight excluding hydrogens is 142 g/mol. The zero-order chi connectivity index (χ0) is 8.27. The Labute approximate surface area is 66.8 Å². The van der Waals surface area contributed by atoms with Crippen LogP contribution < -0.4 is 5.32 Å². The SMILES string of the molecule is CCC(C(=O)O)C1CCCN1. The molecule has 0 aromatic heterocycles. The topological polar surface area (TPSA) is 49.3 Å². The van der Waals surface area contributed by atoms with Gasteiger partial charge in [-0.05, 0) is 25.8 Å². The van der Waals surface area contributed by atoms with E-state index in [1.165, 1.54) is 0 Å². The predicted octanol–water partition coefficient (Wildman–Crippen LogP) is 0.849. The van der Waals surface area contributed by atoms with Crippen molar-refractivity contribution in [2.45, 2.75) is 32.2 Å². The summed E-state index contributed by atoms with van der Waals surface area (Å²) in [5.41, 5.74) is 0. The highest BCUT2D eigenvalue weighted by atomic mass is 16.4. The summed E-state index contributed by atoms with van der Waals surface area (Å²) < 4.78 is 0. The number of hydrogen-bond donors (Lipinski definition) is 2. The maximum Gasteiger partial charge on any atom is 0.308 e. The van der Waals surface area contributed by atoms with Crippen molar-refractivity contribution in [1.82, 2.24) is 5.32 Å². The van der Waals surface area contributed by atoms with E-state index in [1.54, 1.807) is 0 Å². The number of hydrogen-bond acceptors (Lipinski definition) is 2. The Morgan fingerprint density at radius 3 is 2.91 bits per heavy atom. The van der Waals surface area contributed by atoms with Crippen LogP contribution in [0.1, 0.15) is 26.2 Å². The van der Waals surface area contributed by atoms with Crippen molar-refractivity contribution in [1.29, 1.82) is 0 Å². The summed E-state index contributed by atoms with van der Waals surface area (Å²) >= 11 is 0. The summed E-state index contributed by atoms with van der Waals surface area (Å²) in [6.45, 7) is 2.91. The third-order valence-corrected chi connectivity index (χ3v) is 2.34. The van der Waals surface area contributed by atoms with Gasteiger partial charge in [0.25, 0.3) is 0 Å². The van der Waals surface area contributed by atoms with Crippen molar-refractivity contribution in [3.63, 3.8) is 0 Å². The minimum atomic E-state index is -0.660. The highest BCUT2D eigenvalue weighted by Crippen LogP contribution is 2.17. The molecule has 2 atom stereocenters. The van der Waals surface area contributed by atoms with Gasteiger partial charge in [0.1, 0.15) is 0 Å². The Hall–Kier alpha value is -0.570. The van der Waals surface area contributed by atoms with Crippen LogP contribution in [0.4, 0.5) is 0 Å². The number of carboxylic acid groups (broad SMARTS) is 1. The van der Waals surface area contributed by atoms with Crippen LogP contribution >= 0.6 is 0 Å². The fourth-order valence-corrected chi connectivity index (χ4v) is 1.69. The van der Waals surface area contributed by atoms with Crippen molar-refractivity contribution in [3.8, 4) is 0 Å². The van der Waals surface area contributed by atoms with Crippen LogP contribution in [0.2, 0.25) is 0 Å². The van der Waals surface area contributed by atoms with Crippen molar-refractivity contribution < 1.29 is 9.90 Å². The van der Waals surface area contributed by atoms with E-state index in [-0.39, 0.29) is 12.0 Å². The molecule has 0 aliphatic carbocycles. The Morgan fingerprint density at radius 2 is 2.55 bits per heavy atom. The second kappa shape index (κ2) is 3.72. The second-order valence-electron chi connectivity index (χ2n) is 3.06. The molecule has 0 bridgehead atoms. The number of aliphatic carboxylic acids is 1. The summed E-state index contributed by atoms with van der Waals surface area (Å²) in [7, 11) is 0. The van der Waals surface area contributed by atoms with E-state index >= 15 is 0 Å². The fourth-order valence-electron chi connectivity index (χ4n) is 1.69. The standard InChI is InChI=1S/C8H15NO2/c1-2-6(8(10)11)7-4-3-5-9-7/h6-7,9H,2-5H2,1H3,(H,10,11). The molecular formula is C8H15NO2. The van der Waals surface area contributed by atoms with Crippen LogP contribution in [0.3, 0.4) is 0 Å². The summed E-state index contributed by atoms with van der Waals surface area (Å²) in [5, 5.41) is 12.0. The molecule has 11 heavy (non-hydrogen) atoms. The maximum absolute atomic E-state index is 10.7.